The van der Waals surface area contributed by atoms with Crippen LogP contribution in [0.1, 0.15) is 22.8 Å². The number of benzene rings is 2. The highest BCUT2D eigenvalue weighted by molar-refractivity contribution is 7.13. The van der Waals surface area contributed by atoms with Gasteiger partial charge in [-0.15, -0.1) is 11.3 Å². The highest BCUT2D eigenvalue weighted by atomic mass is 32.1. The van der Waals surface area contributed by atoms with Crippen molar-refractivity contribution in [2.45, 2.75) is 13.5 Å². The maximum absolute atomic E-state index is 12.8. The summed E-state index contributed by atoms with van der Waals surface area (Å²) >= 11 is 1.62. The van der Waals surface area contributed by atoms with Gasteiger partial charge >= 0.3 is 0 Å². The fraction of sp³-hybridized carbons (Fsp3) is 0.160. The highest BCUT2D eigenvalue weighted by Crippen LogP contribution is 2.30. The molecule has 0 atom stereocenters. The van der Waals surface area contributed by atoms with E-state index in [1.165, 1.54) is 6.92 Å². The first-order valence-electron chi connectivity index (χ1n) is 10.3. The minimum atomic E-state index is -0.255. The molecule has 8 heteroatoms. The quantitative estimate of drug-likeness (QED) is 0.326. The third-order valence-corrected chi connectivity index (χ3v) is 5.93. The molecule has 3 aromatic rings. The van der Waals surface area contributed by atoms with Crippen molar-refractivity contribution >= 4 is 41.2 Å². The number of carbonyl (C=O) groups is 2. The molecular weight excluding hydrogens is 434 g/mol. The van der Waals surface area contributed by atoms with Crippen LogP contribution in [0.3, 0.4) is 0 Å². The summed E-state index contributed by atoms with van der Waals surface area (Å²) in [4.78, 5) is 31.6. The van der Waals surface area contributed by atoms with Crippen LogP contribution < -0.4 is 16.4 Å². The normalized spacial score (nSPS) is 11.0. The molecule has 2 aromatic carbocycles. The van der Waals surface area contributed by atoms with Crippen LogP contribution in [0.15, 0.2) is 76.9 Å². The van der Waals surface area contributed by atoms with Crippen LogP contribution in [0, 0.1) is 0 Å². The number of nitrogens with zero attached hydrogens (tertiary/aromatic N) is 2. The first-order valence-corrected chi connectivity index (χ1v) is 11.2. The number of nitrogens with two attached hydrogens (primary N) is 1. The molecule has 1 aromatic heterocycles. The van der Waals surface area contributed by atoms with Crippen LogP contribution in [-0.2, 0) is 11.3 Å². The summed E-state index contributed by atoms with van der Waals surface area (Å²) in [5.41, 5.74) is 10.2. The summed E-state index contributed by atoms with van der Waals surface area (Å²) < 4.78 is 0. The number of aliphatic imine (C=N–C) groups is 1. The van der Waals surface area contributed by atoms with Crippen molar-refractivity contribution in [2.75, 3.05) is 24.6 Å². The third kappa shape index (κ3) is 6.30. The molecule has 3 rings (SSSR count). The summed E-state index contributed by atoms with van der Waals surface area (Å²) in [6, 6.07) is 16.7. The van der Waals surface area contributed by atoms with Gasteiger partial charge in [0.05, 0.1) is 23.6 Å². The molecule has 7 nitrogen and oxygen atoms in total. The number of anilines is 2. The van der Waals surface area contributed by atoms with Gasteiger partial charge < -0.3 is 21.3 Å². The Hall–Kier alpha value is -3.91. The Morgan fingerprint density at radius 1 is 1.18 bits per heavy atom. The van der Waals surface area contributed by atoms with E-state index >= 15 is 0 Å². The lowest BCUT2D eigenvalue weighted by Crippen LogP contribution is -2.30. The summed E-state index contributed by atoms with van der Waals surface area (Å²) in [5.74, 6) is -0.335. The molecule has 1 heterocycles. The highest BCUT2D eigenvalue weighted by Gasteiger charge is 2.13. The SMILES string of the molecule is C=N/C(=C\NC)CN(Cc1ccc(C(=O)Nc2cc(-c3cccs3)ccc2N)cc1)C(C)=O. The summed E-state index contributed by atoms with van der Waals surface area (Å²) in [7, 11) is 1.76. The lowest BCUT2D eigenvalue weighted by molar-refractivity contribution is -0.129. The van der Waals surface area contributed by atoms with Gasteiger partial charge in [-0.05, 0) is 53.6 Å². The summed E-state index contributed by atoms with van der Waals surface area (Å²) in [6.07, 6.45) is 1.70. The molecule has 170 valence electrons. The van der Waals surface area contributed by atoms with Gasteiger partial charge in [-0.1, -0.05) is 24.3 Å². The second kappa shape index (κ2) is 11.1. The maximum Gasteiger partial charge on any atom is 0.255 e. The van der Waals surface area contributed by atoms with Gasteiger partial charge in [0.15, 0.2) is 0 Å². The average molecular weight is 462 g/mol. The van der Waals surface area contributed by atoms with Crippen LogP contribution in [0.25, 0.3) is 10.4 Å². The number of nitrogens with one attached hydrogen (secondary N) is 2. The average Bonchev–Trinajstić information content (AvgIpc) is 3.35. The Morgan fingerprint density at radius 2 is 1.94 bits per heavy atom. The largest absolute Gasteiger partial charge is 0.397 e. The number of thiophene rings is 1. The first-order chi connectivity index (χ1) is 15.9. The molecule has 0 saturated carbocycles. The van der Waals surface area contributed by atoms with Crippen LogP contribution in [-0.4, -0.2) is 37.0 Å². The van der Waals surface area contributed by atoms with Crippen molar-refractivity contribution in [1.82, 2.24) is 10.2 Å². The van der Waals surface area contributed by atoms with Crippen LogP contribution in [0.5, 0.6) is 0 Å². The lowest BCUT2D eigenvalue weighted by atomic mass is 10.1. The number of hydrogen-bond acceptors (Lipinski definition) is 6. The minimum Gasteiger partial charge on any atom is -0.397 e. The van der Waals surface area contributed by atoms with Crippen molar-refractivity contribution in [3.05, 3.63) is 83.0 Å². The second-order valence-corrected chi connectivity index (χ2v) is 8.34. The molecule has 0 radical (unpaired) electrons. The molecule has 2 amide bonds. The van der Waals surface area contributed by atoms with Crippen molar-refractivity contribution in [2.24, 2.45) is 4.99 Å². The summed E-state index contributed by atoms with van der Waals surface area (Å²) in [5, 5.41) is 7.80. The van der Waals surface area contributed by atoms with E-state index < -0.39 is 0 Å². The first kappa shape index (κ1) is 23.7. The fourth-order valence-electron chi connectivity index (χ4n) is 3.22. The molecule has 0 aliphatic rings. The van der Waals surface area contributed by atoms with Crippen molar-refractivity contribution in [3.8, 4) is 10.4 Å². The van der Waals surface area contributed by atoms with Crippen molar-refractivity contribution < 1.29 is 9.59 Å². The number of nitrogen functional groups attached to an aromatic ring is 1. The molecule has 33 heavy (non-hydrogen) atoms. The van der Waals surface area contributed by atoms with E-state index in [0.717, 1.165) is 16.0 Å². The Balaban J connectivity index is 1.70. The number of carbonyl (C=O) groups excluding carboxylic acids is 2. The van der Waals surface area contributed by atoms with E-state index in [4.69, 9.17) is 5.73 Å². The Labute approximate surface area is 197 Å². The molecule has 0 spiro atoms. The summed E-state index contributed by atoms with van der Waals surface area (Å²) in [6.45, 7) is 5.78. The molecule has 4 N–H and O–H groups in total. The van der Waals surface area contributed by atoms with E-state index in [2.05, 4.69) is 22.3 Å². The fourth-order valence-corrected chi connectivity index (χ4v) is 3.94. The Bertz CT molecular complexity index is 1150. The molecule has 0 bridgehead atoms. The zero-order valence-corrected chi connectivity index (χ0v) is 19.5. The minimum absolute atomic E-state index is 0.0800. The van der Waals surface area contributed by atoms with Crippen LogP contribution >= 0.6 is 11.3 Å². The van der Waals surface area contributed by atoms with Gasteiger partial charge in [-0.25, -0.2) is 0 Å². The van der Waals surface area contributed by atoms with E-state index in [0.29, 0.717) is 35.7 Å². The van der Waals surface area contributed by atoms with E-state index in [9.17, 15) is 9.59 Å². The van der Waals surface area contributed by atoms with Gasteiger partial charge in [0, 0.05) is 37.2 Å². The van der Waals surface area contributed by atoms with E-state index in [-0.39, 0.29) is 11.8 Å². The number of hydrogen-bond donors (Lipinski definition) is 3. The number of amides is 2. The van der Waals surface area contributed by atoms with Gasteiger partial charge in [0.1, 0.15) is 0 Å². The predicted molar refractivity (Wildman–Crippen MR) is 136 cm³/mol. The molecule has 0 saturated heterocycles. The monoisotopic (exact) mass is 461 g/mol. The smallest absolute Gasteiger partial charge is 0.255 e. The molecule has 0 aliphatic carbocycles. The van der Waals surface area contributed by atoms with Crippen molar-refractivity contribution in [3.63, 3.8) is 0 Å². The van der Waals surface area contributed by atoms with E-state index in [1.54, 1.807) is 47.7 Å². The molecule has 0 aliphatic heterocycles. The van der Waals surface area contributed by atoms with Gasteiger partial charge in [0.25, 0.3) is 5.91 Å². The standard InChI is InChI=1S/C25H27N5O2S/c1-17(31)30(16-21(28-3)14-27-2)15-18-6-8-19(9-7-18)25(32)29-23-13-20(10-11-22(23)26)24-5-4-12-33-24/h4-14,27H,3,15-16,26H2,1-2H3,(H,29,32)/b21-14-. The van der Waals surface area contributed by atoms with Crippen LogP contribution in [0.2, 0.25) is 0 Å². The number of rotatable bonds is 9. The second-order valence-electron chi connectivity index (χ2n) is 7.39. The molecule has 0 unspecified atom stereocenters. The van der Waals surface area contributed by atoms with Crippen molar-refractivity contribution in [1.29, 1.82) is 0 Å². The van der Waals surface area contributed by atoms with E-state index in [1.807, 2.05) is 41.8 Å². The lowest BCUT2D eigenvalue weighted by Gasteiger charge is -2.21. The predicted octanol–water partition coefficient (Wildman–Crippen LogP) is 4.36. The van der Waals surface area contributed by atoms with Gasteiger partial charge in [0.2, 0.25) is 5.91 Å². The zero-order chi connectivity index (χ0) is 23.8. The van der Waals surface area contributed by atoms with Gasteiger partial charge in [-0.2, -0.15) is 0 Å². The van der Waals surface area contributed by atoms with Gasteiger partial charge in [-0.3, -0.25) is 14.6 Å². The third-order valence-electron chi connectivity index (χ3n) is 5.01. The molecular formula is C25H27N5O2S. The molecule has 0 fully saturated rings. The van der Waals surface area contributed by atoms with Crippen LogP contribution in [0.4, 0.5) is 11.4 Å². The zero-order valence-electron chi connectivity index (χ0n) is 18.7. The topological polar surface area (TPSA) is 99.8 Å². The Morgan fingerprint density at radius 3 is 2.55 bits per heavy atom. The Kier molecular flexibility index (Phi) is 7.99. The maximum atomic E-state index is 12.8.